The average molecular weight is 412 g/mol. The molecule has 2 rings (SSSR count). The van der Waals surface area contributed by atoms with Crippen molar-refractivity contribution in [2.45, 2.75) is 10.5 Å². The van der Waals surface area contributed by atoms with Gasteiger partial charge in [0.05, 0.1) is 11.1 Å². The average Bonchev–Trinajstić information content (AvgIpc) is 2.91. The Labute approximate surface area is 140 Å². The second kappa shape index (κ2) is 7.42. The number of hydrogen-bond donors (Lipinski definition) is 1. The van der Waals surface area contributed by atoms with Gasteiger partial charge in [-0.05, 0) is 12.1 Å². The van der Waals surface area contributed by atoms with Gasteiger partial charge in [0, 0.05) is 11.1 Å². The molecule has 0 fully saturated rings. The maximum atomic E-state index is 12.9. The smallest absolute Gasteiger partial charge is 0.296 e. The third-order valence-electron chi connectivity index (χ3n) is 2.41. The lowest BCUT2D eigenvalue weighted by atomic mass is 10.1. The highest BCUT2D eigenvalue weighted by atomic mass is 79.9. The number of halogens is 4. The molecule has 22 heavy (non-hydrogen) atoms. The predicted octanol–water partition coefficient (Wildman–Crippen LogP) is 4.30. The van der Waals surface area contributed by atoms with Crippen LogP contribution in [0.4, 0.5) is 18.3 Å². The van der Waals surface area contributed by atoms with E-state index in [4.69, 9.17) is 0 Å². The van der Waals surface area contributed by atoms with Crippen molar-refractivity contribution in [3.63, 3.8) is 0 Å². The van der Waals surface area contributed by atoms with Crippen LogP contribution < -0.4 is 5.32 Å². The van der Waals surface area contributed by atoms with E-state index in [1.54, 1.807) is 0 Å². The molecule has 1 aromatic heterocycles. The summed E-state index contributed by atoms with van der Waals surface area (Å²) < 4.78 is 39.3. The monoisotopic (exact) mass is 411 g/mol. The molecule has 118 valence electrons. The van der Waals surface area contributed by atoms with Gasteiger partial charge in [-0.15, -0.1) is 10.2 Å². The molecular formula is C12H9BrF3N3OS2. The second-order valence-corrected chi connectivity index (χ2v) is 7.02. The van der Waals surface area contributed by atoms with Gasteiger partial charge in [0.25, 0.3) is 5.91 Å². The summed E-state index contributed by atoms with van der Waals surface area (Å²) >= 11 is 5.82. The Kier molecular flexibility index (Phi) is 5.81. The van der Waals surface area contributed by atoms with Crippen molar-refractivity contribution in [1.29, 1.82) is 0 Å². The number of carbonyl (C=O) groups excluding carboxylic acids is 1. The first-order chi connectivity index (χ1) is 10.4. The Morgan fingerprint density at radius 2 is 2.05 bits per heavy atom. The summed E-state index contributed by atoms with van der Waals surface area (Å²) in [6.45, 7) is 0. The Morgan fingerprint density at radius 1 is 1.32 bits per heavy atom. The number of aromatic nitrogens is 2. The van der Waals surface area contributed by atoms with Crippen LogP contribution in [0.1, 0.15) is 15.9 Å². The minimum Gasteiger partial charge on any atom is -0.296 e. The zero-order valence-corrected chi connectivity index (χ0v) is 14.1. The number of alkyl halides is 4. The summed E-state index contributed by atoms with van der Waals surface area (Å²) in [5, 5.41) is 10.9. The Balaban J connectivity index is 2.14. The van der Waals surface area contributed by atoms with Crippen molar-refractivity contribution in [2.75, 3.05) is 16.4 Å². The molecule has 0 aliphatic rings. The molecule has 4 nitrogen and oxygen atoms in total. The van der Waals surface area contributed by atoms with E-state index in [1.165, 1.54) is 23.9 Å². The zero-order chi connectivity index (χ0) is 16.2. The van der Waals surface area contributed by atoms with Crippen molar-refractivity contribution in [1.82, 2.24) is 10.2 Å². The van der Waals surface area contributed by atoms with Crippen molar-refractivity contribution in [2.24, 2.45) is 0 Å². The van der Waals surface area contributed by atoms with Gasteiger partial charge in [-0.25, -0.2) is 0 Å². The maximum absolute atomic E-state index is 12.9. The highest BCUT2D eigenvalue weighted by molar-refractivity contribution is 9.09. The number of amides is 1. The van der Waals surface area contributed by atoms with Crippen molar-refractivity contribution < 1.29 is 18.0 Å². The van der Waals surface area contributed by atoms with Crippen LogP contribution in [0.25, 0.3) is 0 Å². The van der Waals surface area contributed by atoms with Gasteiger partial charge in [0.1, 0.15) is 0 Å². The summed E-state index contributed by atoms with van der Waals surface area (Å²) in [4.78, 5) is 12.0. The van der Waals surface area contributed by atoms with E-state index in [9.17, 15) is 18.0 Å². The van der Waals surface area contributed by atoms with Gasteiger partial charge >= 0.3 is 6.18 Å². The first-order valence-corrected chi connectivity index (χ1v) is 8.84. The first kappa shape index (κ1) is 17.2. The van der Waals surface area contributed by atoms with Crippen LogP contribution in [0.15, 0.2) is 28.6 Å². The molecule has 1 amide bonds. The van der Waals surface area contributed by atoms with E-state index in [0.717, 1.165) is 34.6 Å². The number of benzene rings is 1. The van der Waals surface area contributed by atoms with Crippen LogP contribution >= 0.6 is 39.0 Å². The van der Waals surface area contributed by atoms with Gasteiger partial charge in [-0.2, -0.15) is 13.2 Å². The van der Waals surface area contributed by atoms with Crippen molar-refractivity contribution >= 4 is 50.1 Å². The molecule has 10 heteroatoms. The Hall–Kier alpha value is -1.13. The van der Waals surface area contributed by atoms with Crippen LogP contribution in [0.2, 0.25) is 0 Å². The van der Waals surface area contributed by atoms with E-state index in [1.807, 2.05) is 0 Å². The highest BCUT2D eigenvalue weighted by Crippen LogP contribution is 2.32. The van der Waals surface area contributed by atoms with Crippen LogP contribution in [0.5, 0.6) is 0 Å². The molecule has 0 aliphatic heterocycles. The van der Waals surface area contributed by atoms with Gasteiger partial charge in [-0.1, -0.05) is 51.2 Å². The molecule has 1 heterocycles. The third kappa shape index (κ3) is 4.43. The SMILES string of the molecule is O=C(Nc1nnc(SCCBr)s1)c1ccccc1C(F)(F)F. The number of hydrogen-bond acceptors (Lipinski definition) is 5. The minimum atomic E-state index is -4.59. The molecule has 0 atom stereocenters. The van der Waals surface area contributed by atoms with E-state index in [2.05, 4.69) is 31.4 Å². The van der Waals surface area contributed by atoms with Gasteiger partial charge in [-0.3, -0.25) is 10.1 Å². The number of thioether (sulfide) groups is 1. The first-order valence-electron chi connectivity index (χ1n) is 5.91. The van der Waals surface area contributed by atoms with Gasteiger partial charge in [0.15, 0.2) is 4.34 Å². The van der Waals surface area contributed by atoms with Crippen molar-refractivity contribution in [3.05, 3.63) is 35.4 Å². The number of carbonyl (C=O) groups is 1. The highest BCUT2D eigenvalue weighted by Gasteiger charge is 2.34. The topological polar surface area (TPSA) is 54.9 Å². The zero-order valence-electron chi connectivity index (χ0n) is 10.9. The van der Waals surface area contributed by atoms with Crippen LogP contribution in [-0.4, -0.2) is 27.2 Å². The largest absolute Gasteiger partial charge is 0.417 e. The molecule has 0 radical (unpaired) electrons. The fraction of sp³-hybridized carbons (Fsp3) is 0.250. The molecule has 0 spiro atoms. The third-order valence-corrected chi connectivity index (χ3v) is 5.30. The summed E-state index contributed by atoms with van der Waals surface area (Å²) in [7, 11) is 0. The summed E-state index contributed by atoms with van der Waals surface area (Å²) in [5.74, 6) is -0.0828. The van der Waals surface area contributed by atoms with Crippen LogP contribution in [-0.2, 0) is 6.18 Å². The minimum absolute atomic E-state index is 0.166. The number of nitrogens with zero attached hydrogens (tertiary/aromatic N) is 2. The van der Waals surface area contributed by atoms with E-state index in [0.29, 0.717) is 4.34 Å². The maximum Gasteiger partial charge on any atom is 0.417 e. The number of rotatable bonds is 5. The lowest BCUT2D eigenvalue weighted by molar-refractivity contribution is -0.137. The fourth-order valence-corrected chi connectivity index (χ4v) is 3.57. The molecule has 0 saturated heterocycles. The molecule has 1 aromatic carbocycles. The van der Waals surface area contributed by atoms with Gasteiger partial charge in [0.2, 0.25) is 5.13 Å². The number of anilines is 1. The Morgan fingerprint density at radius 3 is 2.73 bits per heavy atom. The van der Waals surface area contributed by atoms with Crippen molar-refractivity contribution in [3.8, 4) is 0 Å². The quantitative estimate of drug-likeness (QED) is 0.452. The summed E-state index contributed by atoms with van der Waals surface area (Å²) in [6, 6.07) is 4.60. The lowest BCUT2D eigenvalue weighted by Gasteiger charge is -2.11. The van der Waals surface area contributed by atoms with Crippen LogP contribution in [0, 0.1) is 0 Å². The van der Waals surface area contributed by atoms with Gasteiger partial charge < -0.3 is 0 Å². The summed E-state index contributed by atoms with van der Waals surface area (Å²) in [5.41, 5.74) is -1.43. The number of nitrogens with one attached hydrogen (secondary N) is 1. The molecule has 0 aliphatic carbocycles. The van der Waals surface area contributed by atoms with E-state index < -0.39 is 23.2 Å². The predicted molar refractivity (Wildman–Crippen MR) is 83.8 cm³/mol. The van der Waals surface area contributed by atoms with Crippen LogP contribution in [0.3, 0.4) is 0 Å². The molecule has 0 bridgehead atoms. The van der Waals surface area contributed by atoms with E-state index in [-0.39, 0.29) is 5.13 Å². The molecular weight excluding hydrogens is 403 g/mol. The normalized spacial score (nSPS) is 11.5. The lowest BCUT2D eigenvalue weighted by Crippen LogP contribution is -2.18. The molecule has 0 saturated carbocycles. The fourth-order valence-electron chi connectivity index (χ4n) is 1.54. The Bertz CT molecular complexity index is 663. The second-order valence-electron chi connectivity index (χ2n) is 3.91. The molecule has 2 aromatic rings. The standard InChI is InChI=1S/C12H9BrF3N3OS2/c13-5-6-21-11-19-18-10(22-11)17-9(20)7-3-1-2-4-8(7)12(14,15)16/h1-4H,5-6H2,(H,17,18,20). The van der Waals surface area contributed by atoms with E-state index >= 15 is 0 Å². The molecule has 1 N–H and O–H groups in total. The molecule has 0 unspecified atom stereocenters. The summed E-state index contributed by atoms with van der Waals surface area (Å²) in [6.07, 6.45) is -4.59.